The third-order valence-electron chi connectivity index (χ3n) is 1.54. The summed E-state index contributed by atoms with van der Waals surface area (Å²) in [7, 11) is 0. The van der Waals surface area contributed by atoms with Crippen LogP contribution in [0.2, 0.25) is 0 Å². The molecular formula is C7H3BrN2O2S. The number of rotatable bonds is 1. The molecule has 2 aromatic rings. The second kappa shape index (κ2) is 3.04. The Kier molecular flexibility index (Phi) is 2.01. The van der Waals surface area contributed by atoms with Crippen LogP contribution in [0.25, 0.3) is 11.0 Å². The van der Waals surface area contributed by atoms with E-state index < -0.39 is 5.97 Å². The van der Waals surface area contributed by atoms with Crippen molar-refractivity contribution in [2.24, 2.45) is 0 Å². The number of carboxylic acids is 1. The maximum atomic E-state index is 10.6. The van der Waals surface area contributed by atoms with Gasteiger partial charge in [0.05, 0.1) is 5.56 Å². The number of halogens is 1. The fourth-order valence-corrected chi connectivity index (χ4v) is 1.99. The predicted octanol–water partition coefficient (Wildman–Crippen LogP) is 2.15. The molecule has 0 aliphatic rings. The predicted molar refractivity (Wildman–Crippen MR) is 52.1 cm³/mol. The van der Waals surface area contributed by atoms with E-state index in [1.165, 1.54) is 17.7 Å². The molecule has 0 saturated carbocycles. The lowest BCUT2D eigenvalue weighted by atomic mass is 10.2. The molecule has 0 radical (unpaired) electrons. The molecule has 0 saturated heterocycles. The van der Waals surface area contributed by atoms with E-state index in [1.807, 2.05) is 0 Å². The van der Waals surface area contributed by atoms with Gasteiger partial charge in [0.2, 0.25) is 0 Å². The van der Waals surface area contributed by atoms with E-state index >= 15 is 0 Å². The van der Waals surface area contributed by atoms with Gasteiger partial charge in [-0.2, -0.15) is 4.37 Å². The first-order valence-corrected chi connectivity index (χ1v) is 4.89. The number of aromatic carboxylic acids is 1. The average molecular weight is 259 g/mol. The Morgan fingerprint density at radius 2 is 2.38 bits per heavy atom. The number of hydrogen-bond acceptors (Lipinski definition) is 4. The molecule has 0 unspecified atom stereocenters. The van der Waals surface area contributed by atoms with Crippen molar-refractivity contribution in [3.05, 3.63) is 21.6 Å². The fraction of sp³-hybridized carbons (Fsp3) is 0. The van der Waals surface area contributed by atoms with Gasteiger partial charge in [0.1, 0.15) is 3.79 Å². The van der Waals surface area contributed by atoms with Crippen molar-refractivity contribution in [1.82, 2.24) is 9.36 Å². The maximum absolute atomic E-state index is 10.6. The fourth-order valence-electron chi connectivity index (χ4n) is 0.924. The van der Waals surface area contributed by atoms with Crippen LogP contribution in [0.3, 0.4) is 0 Å². The van der Waals surface area contributed by atoms with Gasteiger partial charge in [0, 0.05) is 11.6 Å². The maximum Gasteiger partial charge on any atom is 0.337 e. The molecular weight excluding hydrogens is 256 g/mol. The molecule has 2 rings (SSSR count). The molecule has 0 aromatic carbocycles. The highest BCUT2D eigenvalue weighted by Gasteiger charge is 2.08. The lowest BCUT2D eigenvalue weighted by Crippen LogP contribution is -1.96. The Morgan fingerprint density at radius 1 is 1.62 bits per heavy atom. The molecule has 13 heavy (non-hydrogen) atoms. The van der Waals surface area contributed by atoms with Gasteiger partial charge in [0.25, 0.3) is 0 Å². The smallest absolute Gasteiger partial charge is 0.337 e. The molecule has 66 valence electrons. The van der Waals surface area contributed by atoms with Crippen LogP contribution in [-0.2, 0) is 0 Å². The zero-order chi connectivity index (χ0) is 9.42. The minimum atomic E-state index is -0.979. The summed E-state index contributed by atoms with van der Waals surface area (Å²) in [6, 6.07) is 1.55. The monoisotopic (exact) mass is 258 g/mol. The Hall–Kier alpha value is -1.01. The highest BCUT2D eigenvalue weighted by atomic mass is 79.9. The molecule has 0 spiro atoms. The number of carbonyl (C=O) groups is 1. The first-order valence-electron chi connectivity index (χ1n) is 3.32. The van der Waals surface area contributed by atoms with Gasteiger partial charge in [-0.3, -0.25) is 0 Å². The normalized spacial score (nSPS) is 10.5. The summed E-state index contributed by atoms with van der Waals surface area (Å²) in [5, 5.41) is 9.44. The van der Waals surface area contributed by atoms with E-state index in [9.17, 15) is 4.79 Å². The standard InChI is InChI=1S/C7H3BrN2O2S/c8-5-4-1-3(7(11)12)2-9-6(4)10-13-5/h1-2H,(H,11,12). The third kappa shape index (κ3) is 1.42. The minimum absolute atomic E-state index is 0.174. The summed E-state index contributed by atoms with van der Waals surface area (Å²) in [4.78, 5) is 14.5. The molecule has 2 aromatic heterocycles. The summed E-state index contributed by atoms with van der Waals surface area (Å²) in [6.07, 6.45) is 1.30. The molecule has 1 N–H and O–H groups in total. The Balaban J connectivity index is 2.72. The van der Waals surface area contributed by atoms with Crippen molar-refractivity contribution in [3.63, 3.8) is 0 Å². The number of aromatic nitrogens is 2. The van der Waals surface area contributed by atoms with Crippen LogP contribution in [0.1, 0.15) is 10.4 Å². The lowest BCUT2D eigenvalue weighted by Gasteiger charge is -1.92. The van der Waals surface area contributed by atoms with Crippen molar-refractivity contribution >= 4 is 44.5 Å². The zero-order valence-electron chi connectivity index (χ0n) is 6.19. The molecule has 0 aliphatic heterocycles. The molecule has 0 atom stereocenters. The lowest BCUT2D eigenvalue weighted by molar-refractivity contribution is 0.0696. The van der Waals surface area contributed by atoms with Gasteiger partial charge in [-0.05, 0) is 33.5 Å². The molecule has 6 heteroatoms. The first-order chi connectivity index (χ1) is 6.18. The summed E-state index contributed by atoms with van der Waals surface area (Å²) in [5.74, 6) is -0.979. The van der Waals surface area contributed by atoms with Crippen LogP contribution in [0, 0.1) is 0 Å². The Labute approximate surface area is 85.5 Å². The second-order valence-electron chi connectivity index (χ2n) is 2.36. The van der Waals surface area contributed by atoms with Crippen molar-refractivity contribution in [1.29, 1.82) is 0 Å². The molecule has 0 aliphatic carbocycles. The highest BCUT2D eigenvalue weighted by molar-refractivity contribution is 9.11. The summed E-state index contributed by atoms with van der Waals surface area (Å²) in [5.41, 5.74) is 0.746. The largest absolute Gasteiger partial charge is 0.478 e. The number of carboxylic acid groups (broad SMARTS) is 1. The van der Waals surface area contributed by atoms with E-state index in [0.717, 1.165) is 9.17 Å². The highest BCUT2D eigenvalue weighted by Crippen LogP contribution is 2.26. The van der Waals surface area contributed by atoms with E-state index in [1.54, 1.807) is 6.07 Å². The topological polar surface area (TPSA) is 63.1 Å². The number of nitrogens with zero attached hydrogens (tertiary/aromatic N) is 2. The molecule has 0 fully saturated rings. The second-order valence-corrected chi connectivity index (χ2v) is 4.45. The average Bonchev–Trinajstić information content (AvgIpc) is 2.47. The van der Waals surface area contributed by atoms with E-state index in [0.29, 0.717) is 5.65 Å². The molecule has 2 heterocycles. The first kappa shape index (κ1) is 8.58. The Bertz CT molecular complexity index is 482. The number of hydrogen-bond donors (Lipinski definition) is 1. The van der Waals surface area contributed by atoms with E-state index in [2.05, 4.69) is 25.3 Å². The number of pyridine rings is 1. The van der Waals surface area contributed by atoms with E-state index in [4.69, 9.17) is 5.11 Å². The summed E-state index contributed by atoms with van der Waals surface area (Å²) >= 11 is 4.52. The van der Waals surface area contributed by atoms with Gasteiger partial charge in [-0.1, -0.05) is 0 Å². The van der Waals surface area contributed by atoms with Crippen molar-refractivity contribution in [3.8, 4) is 0 Å². The zero-order valence-corrected chi connectivity index (χ0v) is 8.59. The van der Waals surface area contributed by atoms with Gasteiger partial charge >= 0.3 is 5.97 Å². The van der Waals surface area contributed by atoms with Crippen LogP contribution in [0.15, 0.2) is 16.0 Å². The van der Waals surface area contributed by atoms with Gasteiger partial charge in [-0.25, -0.2) is 9.78 Å². The van der Waals surface area contributed by atoms with E-state index in [-0.39, 0.29) is 5.56 Å². The minimum Gasteiger partial charge on any atom is -0.478 e. The Morgan fingerprint density at radius 3 is 3.08 bits per heavy atom. The summed E-state index contributed by atoms with van der Waals surface area (Å²) in [6.45, 7) is 0. The molecule has 4 nitrogen and oxygen atoms in total. The number of fused-ring (bicyclic) bond motifs is 1. The van der Waals surface area contributed by atoms with Crippen LogP contribution in [0.4, 0.5) is 0 Å². The van der Waals surface area contributed by atoms with Crippen LogP contribution in [-0.4, -0.2) is 20.4 Å². The van der Waals surface area contributed by atoms with Gasteiger partial charge < -0.3 is 5.11 Å². The van der Waals surface area contributed by atoms with Crippen molar-refractivity contribution in [2.45, 2.75) is 0 Å². The SMILES string of the molecule is O=C(O)c1cnc2nsc(Br)c2c1. The van der Waals surface area contributed by atoms with Crippen LogP contribution >= 0.6 is 27.5 Å². The van der Waals surface area contributed by atoms with Crippen molar-refractivity contribution in [2.75, 3.05) is 0 Å². The van der Waals surface area contributed by atoms with Crippen molar-refractivity contribution < 1.29 is 9.90 Å². The molecule has 0 bridgehead atoms. The quantitative estimate of drug-likeness (QED) is 0.852. The van der Waals surface area contributed by atoms with Crippen LogP contribution < -0.4 is 0 Å². The molecule has 0 amide bonds. The third-order valence-corrected chi connectivity index (χ3v) is 3.04. The van der Waals surface area contributed by atoms with Gasteiger partial charge in [0.15, 0.2) is 5.65 Å². The van der Waals surface area contributed by atoms with Crippen LogP contribution in [0.5, 0.6) is 0 Å². The van der Waals surface area contributed by atoms with Gasteiger partial charge in [-0.15, -0.1) is 0 Å². The summed E-state index contributed by atoms with van der Waals surface area (Å²) < 4.78 is 4.81.